The number of rotatable bonds is 11. The van der Waals surface area contributed by atoms with Gasteiger partial charge in [-0.05, 0) is 63.4 Å². The molecule has 1 aliphatic heterocycles. The normalized spacial score (nSPS) is 15.6. The molecule has 1 atom stereocenters. The van der Waals surface area contributed by atoms with Crippen molar-refractivity contribution in [3.63, 3.8) is 0 Å². The van der Waals surface area contributed by atoms with Crippen molar-refractivity contribution in [1.29, 1.82) is 0 Å². The molecule has 2 N–H and O–H groups in total. The van der Waals surface area contributed by atoms with Crippen LogP contribution in [-0.4, -0.2) is 66.5 Å². The maximum absolute atomic E-state index is 13.2. The molecule has 0 saturated heterocycles. The molecule has 2 heterocycles. The van der Waals surface area contributed by atoms with Crippen molar-refractivity contribution in [3.05, 3.63) is 45.1 Å². The highest BCUT2D eigenvalue weighted by molar-refractivity contribution is 7.14. The average molecular weight is 673 g/mol. The number of benzene rings is 1. The quantitative estimate of drug-likeness (QED) is 0.262. The van der Waals surface area contributed by atoms with E-state index in [4.69, 9.17) is 14.2 Å². The number of hydrogen-bond donors (Lipinski definition) is 2. The summed E-state index contributed by atoms with van der Waals surface area (Å²) in [7, 11) is 0. The number of ether oxygens (including phenoxy) is 3. The van der Waals surface area contributed by atoms with Crippen LogP contribution < -0.4 is 30.3 Å². The molecule has 47 heavy (non-hydrogen) atoms. The van der Waals surface area contributed by atoms with Gasteiger partial charge >= 0.3 is 5.97 Å². The third-order valence-electron chi connectivity index (χ3n) is 7.66. The van der Waals surface area contributed by atoms with E-state index in [1.165, 1.54) is 29.5 Å². The molecule has 0 bridgehead atoms. The number of aliphatic carboxylic acids is 2. The molecular formula is C34H44N2O10S-2. The van der Waals surface area contributed by atoms with Crippen LogP contribution in [-0.2, 0) is 32.0 Å². The van der Waals surface area contributed by atoms with Gasteiger partial charge in [0.15, 0.2) is 22.9 Å². The van der Waals surface area contributed by atoms with Crippen molar-refractivity contribution in [3.8, 4) is 11.5 Å². The molecule has 13 heteroatoms. The highest BCUT2D eigenvalue weighted by atomic mass is 32.1. The number of nitrogens with one attached hydrogen (secondary N) is 2. The van der Waals surface area contributed by atoms with E-state index in [1.807, 2.05) is 0 Å². The van der Waals surface area contributed by atoms with Crippen LogP contribution in [0.2, 0.25) is 0 Å². The third kappa shape index (κ3) is 8.89. The third-order valence-corrected chi connectivity index (χ3v) is 8.90. The maximum atomic E-state index is 13.2. The summed E-state index contributed by atoms with van der Waals surface area (Å²) in [4.78, 5) is 64.0. The number of carboxylic acids is 2. The Morgan fingerprint density at radius 1 is 0.936 bits per heavy atom. The fourth-order valence-corrected chi connectivity index (χ4v) is 6.88. The van der Waals surface area contributed by atoms with Crippen molar-refractivity contribution < 1.29 is 48.4 Å². The van der Waals surface area contributed by atoms with Gasteiger partial charge in [-0.15, -0.1) is 11.3 Å². The molecule has 1 aromatic heterocycles. The molecule has 0 spiro atoms. The number of amides is 1. The van der Waals surface area contributed by atoms with Crippen LogP contribution in [0.4, 0.5) is 0 Å². The smallest absolute Gasteiger partial charge is 0.323 e. The average Bonchev–Trinajstić information content (AvgIpc) is 3.22. The first-order valence-electron chi connectivity index (χ1n) is 15.3. The van der Waals surface area contributed by atoms with E-state index < -0.39 is 64.9 Å². The van der Waals surface area contributed by atoms with Gasteiger partial charge in [-0.1, -0.05) is 41.5 Å². The van der Waals surface area contributed by atoms with Gasteiger partial charge in [0, 0.05) is 27.8 Å². The standard InChI is InChI=1S/C34H46N2O10S/c1-31(2,3)34(30(42)43,32(4,5)6)45-23-11-10-19(15-24(23)44-18-27(38)39)22(37)17-36-28(40)26-16-20-14-21(29(41)46-33(7,8)9)35-13-12-25(20)47-26/h10-11,15-16,21,35H,12-14,17-18H2,1-9H3,(H,36,40)(H,38,39)(H,42,43)/p-2. The van der Waals surface area contributed by atoms with Crippen LogP contribution in [0.5, 0.6) is 11.5 Å². The minimum absolute atomic E-state index is 0.0600. The minimum Gasteiger partial charge on any atom is -0.546 e. The Bertz CT molecular complexity index is 1510. The first-order valence-corrected chi connectivity index (χ1v) is 16.1. The van der Waals surface area contributed by atoms with Gasteiger partial charge in [0.1, 0.15) is 18.2 Å². The molecule has 1 unspecified atom stereocenters. The number of ketones is 1. The van der Waals surface area contributed by atoms with Crippen LogP contribution in [0.15, 0.2) is 24.3 Å². The van der Waals surface area contributed by atoms with E-state index in [9.17, 15) is 34.2 Å². The summed E-state index contributed by atoms with van der Waals surface area (Å²) < 4.78 is 17.0. The molecular weight excluding hydrogens is 628 g/mol. The summed E-state index contributed by atoms with van der Waals surface area (Å²) in [5.74, 6) is -4.68. The minimum atomic E-state index is -1.90. The van der Waals surface area contributed by atoms with Crippen LogP contribution in [0.1, 0.15) is 92.8 Å². The molecule has 3 rings (SSSR count). The van der Waals surface area contributed by atoms with E-state index in [1.54, 1.807) is 68.4 Å². The molecule has 12 nitrogen and oxygen atoms in total. The van der Waals surface area contributed by atoms with Crippen LogP contribution in [0.25, 0.3) is 0 Å². The van der Waals surface area contributed by atoms with Gasteiger partial charge in [-0.25, -0.2) is 0 Å². The molecule has 258 valence electrons. The monoisotopic (exact) mass is 672 g/mol. The second kappa shape index (κ2) is 14.0. The summed E-state index contributed by atoms with van der Waals surface area (Å²) in [6, 6.07) is 5.09. The highest BCUT2D eigenvalue weighted by Gasteiger charge is 2.55. The van der Waals surface area contributed by atoms with Crippen molar-refractivity contribution in [2.45, 2.75) is 92.4 Å². The van der Waals surface area contributed by atoms with Crippen molar-refractivity contribution in [1.82, 2.24) is 10.6 Å². The zero-order valence-corrected chi connectivity index (χ0v) is 29.2. The Morgan fingerprint density at radius 3 is 2.13 bits per heavy atom. The molecule has 2 aromatic rings. The van der Waals surface area contributed by atoms with Crippen LogP contribution >= 0.6 is 11.3 Å². The largest absolute Gasteiger partial charge is 0.546 e. The topological polar surface area (TPSA) is 183 Å². The van der Waals surface area contributed by atoms with Gasteiger partial charge < -0.3 is 44.6 Å². The molecule has 0 radical (unpaired) electrons. The molecule has 0 aliphatic carbocycles. The van der Waals surface area contributed by atoms with Gasteiger partial charge in [0.05, 0.1) is 23.4 Å². The zero-order chi connectivity index (χ0) is 35.5. The predicted octanol–water partition coefficient (Wildman–Crippen LogP) is 1.85. The second-order valence-corrected chi connectivity index (χ2v) is 15.7. The Morgan fingerprint density at radius 2 is 1.57 bits per heavy atom. The number of Topliss-reactive ketones (excluding diaryl/α,β-unsaturated/α-hetero) is 1. The Kier molecular flexibility index (Phi) is 11.2. The fourth-order valence-electron chi connectivity index (χ4n) is 5.77. The van der Waals surface area contributed by atoms with Gasteiger partial charge in [-0.3, -0.25) is 14.4 Å². The Labute approximate surface area is 279 Å². The summed E-state index contributed by atoms with van der Waals surface area (Å²) in [5, 5.41) is 29.6. The van der Waals surface area contributed by atoms with Crippen molar-refractivity contribution >= 4 is 40.9 Å². The predicted molar refractivity (Wildman–Crippen MR) is 170 cm³/mol. The summed E-state index contributed by atoms with van der Waals surface area (Å²) in [6.45, 7) is 14.7. The van der Waals surface area contributed by atoms with Gasteiger partial charge in [0.25, 0.3) is 5.91 Å². The van der Waals surface area contributed by atoms with Crippen LogP contribution in [0.3, 0.4) is 0 Å². The van der Waals surface area contributed by atoms with Gasteiger partial charge in [-0.2, -0.15) is 0 Å². The summed E-state index contributed by atoms with van der Waals surface area (Å²) in [6.07, 6.45) is 0.984. The van der Waals surface area contributed by atoms with E-state index >= 15 is 0 Å². The highest BCUT2D eigenvalue weighted by Crippen LogP contribution is 2.48. The van der Waals surface area contributed by atoms with Gasteiger partial charge in [0.2, 0.25) is 0 Å². The molecule has 1 aliphatic rings. The van der Waals surface area contributed by atoms with E-state index in [2.05, 4.69) is 10.6 Å². The fraction of sp³-hybridized carbons (Fsp3) is 0.559. The lowest BCUT2D eigenvalue weighted by atomic mass is 9.62. The number of carbonyl (C=O) groups excluding carboxylic acids is 5. The first-order chi connectivity index (χ1) is 21.6. The number of carboxylic acid groups (broad SMARTS) is 2. The molecule has 1 aromatic carbocycles. The number of esters is 1. The summed E-state index contributed by atoms with van der Waals surface area (Å²) in [5.41, 5.74) is -3.61. The number of thiophene rings is 1. The lowest BCUT2D eigenvalue weighted by Crippen LogP contribution is -2.67. The Balaban J connectivity index is 1.80. The molecule has 1 amide bonds. The van der Waals surface area contributed by atoms with Crippen LogP contribution in [0, 0.1) is 10.8 Å². The van der Waals surface area contributed by atoms with Crippen molar-refractivity contribution in [2.75, 3.05) is 19.7 Å². The van der Waals surface area contributed by atoms with Crippen molar-refractivity contribution in [2.24, 2.45) is 10.8 Å². The lowest BCUT2D eigenvalue weighted by Gasteiger charge is -2.53. The number of carbonyl (C=O) groups is 5. The van der Waals surface area contributed by atoms with E-state index in [0.717, 1.165) is 10.4 Å². The first kappa shape index (κ1) is 37.5. The molecule has 0 fully saturated rings. The van der Waals surface area contributed by atoms with E-state index in [0.29, 0.717) is 24.3 Å². The number of hydrogen-bond acceptors (Lipinski definition) is 12. The molecule has 0 saturated carbocycles. The lowest BCUT2D eigenvalue weighted by molar-refractivity contribution is -0.337. The maximum Gasteiger partial charge on any atom is 0.323 e. The SMILES string of the molecule is CC(C)(C)OC(=O)C1Cc2cc(C(=O)NCC(=O)c3ccc(OC(C(=O)[O-])(C(C)(C)C)C(C)(C)C)c(OCC(=O)[O-])c3)sc2CCN1. The van der Waals surface area contributed by atoms with E-state index in [-0.39, 0.29) is 23.0 Å². The Hall–Kier alpha value is -3.97. The summed E-state index contributed by atoms with van der Waals surface area (Å²) >= 11 is 1.29. The number of fused-ring (bicyclic) bond motifs is 1. The zero-order valence-electron chi connectivity index (χ0n) is 28.4. The second-order valence-electron chi connectivity index (χ2n) is 14.6.